The van der Waals surface area contributed by atoms with Crippen LogP contribution >= 0.6 is 8.60 Å². The van der Waals surface area contributed by atoms with Crippen LogP contribution in [-0.4, -0.2) is 33.0 Å². The SMILES string of the molecule is CCOP(OC)OC[C@@H]1CO1. The third-order valence-corrected chi connectivity index (χ3v) is 2.28. The van der Waals surface area contributed by atoms with Crippen molar-refractivity contribution in [1.82, 2.24) is 0 Å². The molecule has 1 saturated heterocycles. The highest BCUT2D eigenvalue weighted by Crippen LogP contribution is 2.38. The molecule has 0 aromatic carbocycles. The number of epoxide rings is 1. The van der Waals surface area contributed by atoms with Crippen molar-refractivity contribution in [1.29, 1.82) is 0 Å². The molecule has 0 amide bonds. The molecule has 1 rings (SSSR count). The molecule has 5 heteroatoms. The number of hydrogen-bond acceptors (Lipinski definition) is 4. The first-order chi connectivity index (χ1) is 5.36. The first kappa shape index (κ1) is 9.36. The Bertz CT molecular complexity index is 107. The zero-order chi connectivity index (χ0) is 8.10. The van der Waals surface area contributed by atoms with Crippen LogP contribution in [-0.2, 0) is 18.3 Å². The van der Waals surface area contributed by atoms with E-state index in [1.165, 1.54) is 0 Å². The van der Waals surface area contributed by atoms with Crippen LogP contribution in [0.3, 0.4) is 0 Å². The largest absolute Gasteiger partial charge is 0.371 e. The third-order valence-electron chi connectivity index (χ3n) is 1.15. The first-order valence-corrected chi connectivity index (χ1v) is 4.68. The maximum atomic E-state index is 5.25. The molecule has 0 aromatic rings. The summed E-state index contributed by atoms with van der Waals surface area (Å²) in [6, 6.07) is 0. The van der Waals surface area contributed by atoms with Gasteiger partial charge in [-0.3, -0.25) is 0 Å². The topological polar surface area (TPSA) is 40.2 Å². The van der Waals surface area contributed by atoms with Gasteiger partial charge in [-0.05, 0) is 6.92 Å². The number of hydrogen-bond donors (Lipinski definition) is 0. The average molecular weight is 180 g/mol. The van der Waals surface area contributed by atoms with Crippen LogP contribution in [0.15, 0.2) is 0 Å². The van der Waals surface area contributed by atoms with Crippen molar-refractivity contribution in [3.63, 3.8) is 0 Å². The molecule has 2 atom stereocenters. The summed E-state index contributed by atoms with van der Waals surface area (Å²) in [6.07, 6.45) is 0.274. The molecule has 66 valence electrons. The smallest absolute Gasteiger partial charge is 0.332 e. The van der Waals surface area contributed by atoms with Crippen LogP contribution < -0.4 is 0 Å². The summed E-state index contributed by atoms with van der Waals surface area (Å²) in [5, 5.41) is 0. The van der Waals surface area contributed by atoms with Crippen molar-refractivity contribution in [3.8, 4) is 0 Å². The molecule has 1 unspecified atom stereocenters. The fourth-order valence-corrected chi connectivity index (χ4v) is 1.34. The van der Waals surface area contributed by atoms with Gasteiger partial charge in [-0.1, -0.05) is 0 Å². The summed E-state index contributed by atoms with van der Waals surface area (Å²) in [4.78, 5) is 0. The van der Waals surface area contributed by atoms with Gasteiger partial charge < -0.3 is 18.3 Å². The molecule has 0 bridgehead atoms. The van der Waals surface area contributed by atoms with Gasteiger partial charge in [0.25, 0.3) is 0 Å². The maximum absolute atomic E-state index is 5.25. The molecule has 11 heavy (non-hydrogen) atoms. The van der Waals surface area contributed by atoms with Gasteiger partial charge in [-0.15, -0.1) is 0 Å². The van der Waals surface area contributed by atoms with Crippen molar-refractivity contribution in [3.05, 3.63) is 0 Å². The Kier molecular flexibility index (Phi) is 4.26. The molecule has 0 radical (unpaired) electrons. The van der Waals surface area contributed by atoms with Crippen LogP contribution in [0.5, 0.6) is 0 Å². The van der Waals surface area contributed by atoms with Gasteiger partial charge in [0.15, 0.2) is 0 Å². The predicted octanol–water partition coefficient (Wildman–Crippen LogP) is 1.31. The van der Waals surface area contributed by atoms with Crippen molar-refractivity contribution in [2.75, 3.05) is 26.9 Å². The summed E-state index contributed by atoms with van der Waals surface area (Å²) in [6.45, 7) is 3.91. The lowest BCUT2D eigenvalue weighted by Crippen LogP contribution is -1.99. The van der Waals surface area contributed by atoms with Crippen molar-refractivity contribution in [2.45, 2.75) is 13.0 Å². The molecule has 1 fully saturated rings. The molecule has 0 aliphatic carbocycles. The lowest BCUT2D eigenvalue weighted by atomic mass is 10.5. The lowest BCUT2D eigenvalue weighted by molar-refractivity contribution is 0.174. The molecular weight excluding hydrogens is 167 g/mol. The second-order valence-corrected chi connectivity index (χ2v) is 3.40. The van der Waals surface area contributed by atoms with Crippen LogP contribution in [0.1, 0.15) is 6.92 Å². The summed E-state index contributed by atoms with van der Waals surface area (Å²) in [5.74, 6) is 0. The normalized spacial score (nSPS) is 25.1. The van der Waals surface area contributed by atoms with E-state index in [9.17, 15) is 0 Å². The Morgan fingerprint density at radius 2 is 2.27 bits per heavy atom. The Hall–Kier alpha value is 0.270. The van der Waals surface area contributed by atoms with E-state index in [4.69, 9.17) is 18.3 Å². The van der Waals surface area contributed by atoms with Crippen LogP contribution in [0, 0.1) is 0 Å². The van der Waals surface area contributed by atoms with E-state index >= 15 is 0 Å². The van der Waals surface area contributed by atoms with Gasteiger partial charge in [-0.25, -0.2) is 0 Å². The molecule has 1 aliphatic rings. The van der Waals surface area contributed by atoms with E-state index in [1.54, 1.807) is 7.11 Å². The molecule has 1 aliphatic heterocycles. The Labute approximate surface area is 67.8 Å². The van der Waals surface area contributed by atoms with Crippen molar-refractivity contribution >= 4 is 8.60 Å². The van der Waals surface area contributed by atoms with E-state index in [0.717, 1.165) is 6.61 Å². The molecule has 4 nitrogen and oxygen atoms in total. The van der Waals surface area contributed by atoms with Crippen LogP contribution in [0.4, 0.5) is 0 Å². The van der Waals surface area contributed by atoms with E-state index in [0.29, 0.717) is 13.2 Å². The van der Waals surface area contributed by atoms with E-state index in [2.05, 4.69) is 0 Å². The Morgan fingerprint density at radius 3 is 2.73 bits per heavy atom. The minimum atomic E-state index is -1.13. The molecule has 0 saturated carbocycles. The molecular formula is C6H13O4P. The highest BCUT2D eigenvalue weighted by Gasteiger charge is 2.24. The highest BCUT2D eigenvalue weighted by molar-refractivity contribution is 7.41. The molecule has 1 heterocycles. The second-order valence-electron chi connectivity index (χ2n) is 2.08. The van der Waals surface area contributed by atoms with E-state index in [-0.39, 0.29) is 6.10 Å². The zero-order valence-corrected chi connectivity index (χ0v) is 7.67. The fraction of sp³-hybridized carbons (Fsp3) is 1.00. The quantitative estimate of drug-likeness (QED) is 0.456. The van der Waals surface area contributed by atoms with Crippen molar-refractivity contribution in [2.24, 2.45) is 0 Å². The highest BCUT2D eigenvalue weighted by atomic mass is 31.2. The summed E-state index contributed by atoms with van der Waals surface area (Å²) in [7, 11) is 0.447. The van der Waals surface area contributed by atoms with E-state index < -0.39 is 8.60 Å². The van der Waals surface area contributed by atoms with Gasteiger partial charge in [0.05, 0.1) is 19.8 Å². The molecule has 0 spiro atoms. The van der Waals surface area contributed by atoms with Gasteiger partial charge in [-0.2, -0.15) is 0 Å². The van der Waals surface area contributed by atoms with Gasteiger partial charge in [0, 0.05) is 7.11 Å². The van der Waals surface area contributed by atoms with Crippen LogP contribution in [0.25, 0.3) is 0 Å². The monoisotopic (exact) mass is 180 g/mol. The Balaban J connectivity index is 1.98. The minimum absolute atomic E-state index is 0.274. The molecule has 0 aromatic heterocycles. The summed E-state index contributed by atoms with van der Waals surface area (Å²) in [5.41, 5.74) is 0. The van der Waals surface area contributed by atoms with Crippen molar-refractivity contribution < 1.29 is 18.3 Å². The van der Waals surface area contributed by atoms with Gasteiger partial charge in [0.1, 0.15) is 6.10 Å². The predicted molar refractivity (Wildman–Crippen MR) is 41.2 cm³/mol. The minimum Gasteiger partial charge on any atom is -0.371 e. The first-order valence-electron chi connectivity index (χ1n) is 3.58. The zero-order valence-electron chi connectivity index (χ0n) is 6.78. The third kappa shape index (κ3) is 3.99. The fourth-order valence-electron chi connectivity index (χ4n) is 0.556. The lowest BCUT2D eigenvalue weighted by Gasteiger charge is -2.11. The number of rotatable bonds is 6. The summed E-state index contributed by atoms with van der Waals surface area (Å²) >= 11 is 0. The standard InChI is InChI=1S/C6H13O4P/c1-3-9-11(7-2)10-5-6-4-8-6/h6H,3-5H2,1-2H3/t6-,11?/m0/s1. The van der Waals surface area contributed by atoms with E-state index in [1.807, 2.05) is 6.92 Å². The Morgan fingerprint density at radius 1 is 1.55 bits per heavy atom. The maximum Gasteiger partial charge on any atom is 0.332 e. The number of ether oxygens (including phenoxy) is 1. The molecule has 0 N–H and O–H groups in total. The summed E-state index contributed by atoms with van der Waals surface area (Å²) < 4.78 is 20.3. The average Bonchev–Trinajstić information content (AvgIpc) is 2.81. The van der Waals surface area contributed by atoms with Gasteiger partial charge in [0.2, 0.25) is 0 Å². The van der Waals surface area contributed by atoms with Crippen LogP contribution in [0.2, 0.25) is 0 Å². The second kappa shape index (κ2) is 5.01. The van der Waals surface area contributed by atoms with Gasteiger partial charge >= 0.3 is 8.60 Å².